The molecule has 3 aromatic rings. The molecule has 20 heavy (non-hydrogen) atoms. The Morgan fingerprint density at radius 1 is 1.00 bits per heavy atom. The van der Waals surface area contributed by atoms with Gasteiger partial charge in [-0.05, 0) is 30.4 Å². The van der Waals surface area contributed by atoms with Gasteiger partial charge in [-0.1, -0.05) is 30.3 Å². The summed E-state index contributed by atoms with van der Waals surface area (Å²) < 4.78 is 13.5. The zero-order valence-corrected chi connectivity index (χ0v) is 10.5. The second-order valence-corrected chi connectivity index (χ2v) is 4.32. The number of H-pyrrole nitrogens is 1. The molecule has 1 heterocycles. The summed E-state index contributed by atoms with van der Waals surface area (Å²) in [6, 6.07) is 13.6. The van der Waals surface area contributed by atoms with E-state index in [1.807, 2.05) is 18.2 Å². The molecule has 0 fully saturated rings. The van der Waals surface area contributed by atoms with E-state index in [-0.39, 0.29) is 17.1 Å². The monoisotopic (exact) mass is 266 g/mol. The number of aromatic nitrogens is 2. The number of rotatable bonds is 2. The molecule has 0 bridgehead atoms. The molecule has 98 valence electrons. The molecular weight excluding hydrogens is 255 g/mol. The van der Waals surface area contributed by atoms with Crippen molar-refractivity contribution >= 4 is 23.2 Å². The van der Waals surface area contributed by atoms with Crippen LogP contribution in [0.4, 0.5) is 4.39 Å². The Bertz CT molecular complexity index is 852. The highest BCUT2D eigenvalue weighted by Crippen LogP contribution is 2.11. The van der Waals surface area contributed by atoms with Crippen molar-refractivity contribution in [1.82, 2.24) is 9.97 Å². The predicted octanol–water partition coefficient (Wildman–Crippen LogP) is 3.23. The number of para-hydroxylation sites is 2. The van der Waals surface area contributed by atoms with E-state index in [1.165, 1.54) is 12.1 Å². The average molecular weight is 266 g/mol. The van der Waals surface area contributed by atoms with Crippen molar-refractivity contribution in [2.45, 2.75) is 0 Å². The zero-order chi connectivity index (χ0) is 13.9. The summed E-state index contributed by atoms with van der Waals surface area (Å²) in [6.07, 6.45) is 3.06. The van der Waals surface area contributed by atoms with Crippen LogP contribution in [-0.4, -0.2) is 9.97 Å². The summed E-state index contributed by atoms with van der Waals surface area (Å²) >= 11 is 0. The number of fused-ring (bicyclic) bond motifs is 1. The highest BCUT2D eigenvalue weighted by molar-refractivity contribution is 5.76. The fraction of sp³-hybridized carbons (Fsp3) is 0. The van der Waals surface area contributed by atoms with Gasteiger partial charge in [0.05, 0.1) is 11.0 Å². The molecule has 0 atom stereocenters. The van der Waals surface area contributed by atoms with Crippen molar-refractivity contribution < 1.29 is 4.39 Å². The minimum Gasteiger partial charge on any atom is -0.319 e. The third-order valence-electron chi connectivity index (χ3n) is 2.95. The van der Waals surface area contributed by atoms with Crippen LogP contribution in [0.5, 0.6) is 0 Å². The highest BCUT2D eigenvalue weighted by Gasteiger charge is 2.02. The lowest BCUT2D eigenvalue weighted by Crippen LogP contribution is -2.11. The Labute approximate surface area is 114 Å². The smallest absolute Gasteiger partial charge is 0.274 e. The van der Waals surface area contributed by atoms with Crippen molar-refractivity contribution in [2.75, 3.05) is 0 Å². The first kappa shape index (κ1) is 12.3. The van der Waals surface area contributed by atoms with Crippen molar-refractivity contribution in [3.8, 4) is 0 Å². The zero-order valence-electron chi connectivity index (χ0n) is 10.5. The molecule has 0 aliphatic rings. The lowest BCUT2D eigenvalue weighted by Gasteiger charge is -1.99. The fourth-order valence-corrected chi connectivity index (χ4v) is 1.94. The molecule has 0 amide bonds. The van der Waals surface area contributed by atoms with Crippen molar-refractivity contribution in [3.05, 3.63) is 76.0 Å². The van der Waals surface area contributed by atoms with E-state index in [9.17, 15) is 9.18 Å². The lowest BCUT2D eigenvalue weighted by molar-refractivity contribution is 0.625. The average Bonchev–Trinajstić information content (AvgIpc) is 2.46. The van der Waals surface area contributed by atoms with Crippen LogP contribution < -0.4 is 5.56 Å². The summed E-state index contributed by atoms with van der Waals surface area (Å²) in [4.78, 5) is 18.9. The Balaban J connectivity index is 2.05. The minimum atomic E-state index is -0.332. The molecule has 1 N–H and O–H groups in total. The highest BCUT2D eigenvalue weighted by atomic mass is 19.1. The van der Waals surface area contributed by atoms with E-state index in [4.69, 9.17) is 0 Å². The van der Waals surface area contributed by atoms with Crippen LogP contribution in [0.2, 0.25) is 0 Å². The quantitative estimate of drug-likeness (QED) is 0.774. The maximum absolute atomic E-state index is 13.5. The van der Waals surface area contributed by atoms with Crippen LogP contribution in [0.3, 0.4) is 0 Å². The topological polar surface area (TPSA) is 45.8 Å². The number of nitrogens with zero attached hydrogens (tertiary/aromatic N) is 1. The van der Waals surface area contributed by atoms with Gasteiger partial charge in [-0.25, -0.2) is 9.37 Å². The largest absolute Gasteiger partial charge is 0.319 e. The van der Waals surface area contributed by atoms with Crippen LogP contribution in [0, 0.1) is 5.82 Å². The maximum Gasteiger partial charge on any atom is 0.274 e. The molecule has 0 radical (unpaired) electrons. The Hall–Kier alpha value is -2.75. The summed E-state index contributed by atoms with van der Waals surface area (Å²) in [5.41, 5.74) is 1.76. The van der Waals surface area contributed by atoms with Crippen LogP contribution in [-0.2, 0) is 0 Å². The van der Waals surface area contributed by atoms with Gasteiger partial charge in [-0.15, -0.1) is 0 Å². The molecule has 2 aromatic carbocycles. The van der Waals surface area contributed by atoms with E-state index in [2.05, 4.69) is 9.97 Å². The van der Waals surface area contributed by atoms with E-state index in [0.717, 1.165) is 0 Å². The Kier molecular flexibility index (Phi) is 3.13. The normalized spacial score (nSPS) is 11.2. The van der Waals surface area contributed by atoms with Crippen molar-refractivity contribution in [3.63, 3.8) is 0 Å². The Morgan fingerprint density at radius 2 is 1.75 bits per heavy atom. The van der Waals surface area contributed by atoms with Gasteiger partial charge in [0.15, 0.2) is 0 Å². The third kappa shape index (κ3) is 2.36. The third-order valence-corrected chi connectivity index (χ3v) is 2.95. The van der Waals surface area contributed by atoms with E-state index in [1.54, 1.807) is 30.3 Å². The standard InChI is InChI=1S/C16H11FN2O/c17-12-6-2-1-5-11(12)9-10-15-16(20)19-14-8-4-3-7-13(14)18-15/h1-10H,(H,19,20). The van der Waals surface area contributed by atoms with Gasteiger partial charge < -0.3 is 4.98 Å². The maximum atomic E-state index is 13.5. The van der Waals surface area contributed by atoms with Gasteiger partial charge in [0.1, 0.15) is 11.5 Å². The molecule has 1 aromatic heterocycles. The first-order valence-electron chi connectivity index (χ1n) is 6.16. The number of hydrogen-bond donors (Lipinski definition) is 1. The molecule has 3 rings (SSSR count). The summed E-state index contributed by atoms with van der Waals surface area (Å²) in [6.45, 7) is 0. The van der Waals surface area contributed by atoms with Crippen LogP contribution in [0.15, 0.2) is 53.3 Å². The molecule has 0 aliphatic carbocycles. The molecule has 0 aliphatic heterocycles. The second kappa shape index (κ2) is 5.09. The molecule has 3 nitrogen and oxygen atoms in total. The summed E-state index contributed by atoms with van der Waals surface area (Å²) in [5.74, 6) is -0.332. The van der Waals surface area contributed by atoms with Gasteiger partial charge in [0.2, 0.25) is 0 Å². The molecule has 4 heteroatoms. The summed E-state index contributed by atoms with van der Waals surface area (Å²) in [7, 11) is 0. The number of nitrogens with one attached hydrogen (secondary N) is 1. The number of aromatic amines is 1. The van der Waals surface area contributed by atoms with Gasteiger partial charge >= 0.3 is 0 Å². The first-order valence-corrected chi connectivity index (χ1v) is 6.16. The summed E-state index contributed by atoms with van der Waals surface area (Å²) in [5, 5.41) is 0. The predicted molar refractivity (Wildman–Crippen MR) is 77.7 cm³/mol. The molecule has 0 spiro atoms. The SMILES string of the molecule is O=c1[nH]c2ccccc2nc1C=Cc1ccccc1F. The molecule has 0 unspecified atom stereocenters. The van der Waals surface area contributed by atoms with Gasteiger partial charge in [0, 0.05) is 5.56 Å². The van der Waals surface area contributed by atoms with Crippen LogP contribution in [0.1, 0.15) is 11.3 Å². The molecule has 0 saturated heterocycles. The van der Waals surface area contributed by atoms with Gasteiger partial charge in [-0.2, -0.15) is 0 Å². The van der Waals surface area contributed by atoms with Gasteiger partial charge in [0.25, 0.3) is 5.56 Å². The first-order chi connectivity index (χ1) is 9.74. The number of hydrogen-bond acceptors (Lipinski definition) is 2. The van der Waals surface area contributed by atoms with E-state index in [0.29, 0.717) is 16.6 Å². The fourth-order valence-electron chi connectivity index (χ4n) is 1.94. The van der Waals surface area contributed by atoms with Crippen LogP contribution >= 0.6 is 0 Å². The van der Waals surface area contributed by atoms with Gasteiger partial charge in [-0.3, -0.25) is 4.79 Å². The van der Waals surface area contributed by atoms with Crippen LogP contribution in [0.25, 0.3) is 23.2 Å². The number of halogens is 1. The Morgan fingerprint density at radius 3 is 2.60 bits per heavy atom. The van der Waals surface area contributed by atoms with Crippen molar-refractivity contribution in [1.29, 1.82) is 0 Å². The van der Waals surface area contributed by atoms with Crippen molar-refractivity contribution in [2.24, 2.45) is 0 Å². The lowest BCUT2D eigenvalue weighted by atomic mass is 10.2. The molecular formula is C16H11FN2O. The molecule has 0 saturated carbocycles. The van der Waals surface area contributed by atoms with E-state index < -0.39 is 0 Å². The minimum absolute atomic E-state index is 0.256. The van der Waals surface area contributed by atoms with E-state index >= 15 is 0 Å². The second-order valence-electron chi connectivity index (χ2n) is 4.32. The number of benzene rings is 2.